The SMILES string of the molecule is COc1cc(/C=C/C(=O)Nc2ccc(-c3ncc[nH]3)cc2)cc2c1OCCO2. The Morgan fingerprint density at radius 2 is 2.04 bits per heavy atom. The first kappa shape index (κ1) is 17.7. The van der Waals surface area contributed by atoms with E-state index in [4.69, 9.17) is 14.2 Å². The van der Waals surface area contributed by atoms with Crippen LogP contribution in [0, 0.1) is 0 Å². The lowest BCUT2D eigenvalue weighted by molar-refractivity contribution is -0.111. The minimum atomic E-state index is -0.236. The number of imidazole rings is 1. The van der Waals surface area contributed by atoms with Gasteiger partial charge in [-0.3, -0.25) is 4.79 Å². The van der Waals surface area contributed by atoms with Gasteiger partial charge in [0, 0.05) is 29.7 Å². The normalized spacial score (nSPS) is 12.8. The highest BCUT2D eigenvalue weighted by Gasteiger charge is 2.17. The molecule has 28 heavy (non-hydrogen) atoms. The van der Waals surface area contributed by atoms with Crippen molar-refractivity contribution in [3.63, 3.8) is 0 Å². The fraction of sp³-hybridized carbons (Fsp3) is 0.143. The second kappa shape index (κ2) is 7.87. The molecular weight excluding hydrogens is 358 g/mol. The molecule has 2 heterocycles. The van der Waals surface area contributed by atoms with Crippen LogP contribution < -0.4 is 19.5 Å². The van der Waals surface area contributed by atoms with Crippen LogP contribution in [0.4, 0.5) is 5.69 Å². The van der Waals surface area contributed by atoms with Crippen LogP contribution >= 0.6 is 0 Å². The topological polar surface area (TPSA) is 85.5 Å². The van der Waals surface area contributed by atoms with Gasteiger partial charge in [-0.2, -0.15) is 0 Å². The van der Waals surface area contributed by atoms with E-state index in [1.807, 2.05) is 30.3 Å². The number of benzene rings is 2. The number of rotatable bonds is 5. The number of hydrogen-bond acceptors (Lipinski definition) is 5. The third kappa shape index (κ3) is 3.83. The van der Waals surface area contributed by atoms with Crippen LogP contribution in [0.5, 0.6) is 17.2 Å². The minimum Gasteiger partial charge on any atom is -0.493 e. The number of aromatic amines is 1. The van der Waals surface area contributed by atoms with Crippen LogP contribution in [0.2, 0.25) is 0 Å². The molecule has 7 heteroatoms. The summed E-state index contributed by atoms with van der Waals surface area (Å²) in [6.07, 6.45) is 6.63. The van der Waals surface area contributed by atoms with Crippen molar-refractivity contribution < 1.29 is 19.0 Å². The smallest absolute Gasteiger partial charge is 0.248 e. The van der Waals surface area contributed by atoms with Gasteiger partial charge >= 0.3 is 0 Å². The van der Waals surface area contributed by atoms with Crippen molar-refractivity contribution >= 4 is 17.7 Å². The van der Waals surface area contributed by atoms with E-state index in [0.29, 0.717) is 36.1 Å². The van der Waals surface area contributed by atoms with Crippen molar-refractivity contribution in [2.45, 2.75) is 0 Å². The first-order valence-electron chi connectivity index (χ1n) is 8.79. The Morgan fingerprint density at radius 1 is 1.21 bits per heavy atom. The van der Waals surface area contributed by atoms with Gasteiger partial charge in [0.15, 0.2) is 11.5 Å². The Kier molecular flexibility index (Phi) is 4.97. The maximum Gasteiger partial charge on any atom is 0.248 e. The van der Waals surface area contributed by atoms with Gasteiger partial charge in [-0.05, 0) is 48.0 Å². The quantitative estimate of drug-likeness (QED) is 0.665. The monoisotopic (exact) mass is 377 g/mol. The van der Waals surface area contributed by atoms with Gasteiger partial charge in [0.05, 0.1) is 7.11 Å². The van der Waals surface area contributed by atoms with Crippen molar-refractivity contribution in [2.75, 3.05) is 25.6 Å². The highest BCUT2D eigenvalue weighted by Crippen LogP contribution is 2.40. The molecule has 0 saturated heterocycles. The largest absolute Gasteiger partial charge is 0.493 e. The zero-order chi connectivity index (χ0) is 19.3. The zero-order valence-electron chi connectivity index (χ0n) is 15.3. The molecule has 1 aliphatic rings. The first-order valence-corrected chi connectivity index (χ1v) is 8.79. The molecule has 4 rings (SSSR count). The molecule has 3 aromatic rings. The van der Waals surface area contributed by atoms with Gasteiger partial charge in [0.25, 0.3) is 0 Å². The van der Waals surface area contributed by atoms with Crippen LogP contribution in [-0.4, -0.2) is 36.2 Å². The molecule has 0 radical (unpaired) electrons. The minimum absolute atomic E-state index is 0.236. The van der Waals surface area contributed by atoms with Crippen molar-refractivity contribution in [3.8, 4) is 28.6 Å². The van der Waals surface area contributed by atoms with Gasteiger partial charge in [-0.1, -0.05) is 0 Å². The molecule has 7 nitrogen and oxygen atoms in total. The maximum atomic E-state index is 12.2. The molecule has 1 amide bonds. The lowest BCUT2D eigenvalue weighted by atomic mass is 10.1. The number of H-pyrrole nitrogens is 1. The zero-order valence-corrected chi connectivity index (χ0v) is 15.3. The predicted molar refractivity (Wildman–Crippen MR) is 106 cm³/mol. The number of anilines is 1. The third-order valence-corrected chi connectivity index (χ3v) is 4.20. The van der Waals surface area contributed by atoms with E-state index in [1.165, 1.54) is 6.08 Å². The number of ether oxygens (including phenoxy) is 3. The average Bonchev–Trinajstić information content (AvgIpc) is 3.27. The second-order valence-corrected chi connectivity index (χ2v) is 6.09. The molecule has 142 valence electrons. The molecule has 1 aromatic heterocycles. The van der Waals surface area contributed by atoms with Crippen molar-refractivity contribution in [2.24, 2.45) is 0 Å². The van der Waals surface area contributed by atoms with E-state index in [1.54, 1.807) is 31.6 Å². The van der Waals surface area contributed by atoms with E-state index in [9.17, 15) is 4.79 Å². The number of hydrogen-bond donors (Lipinski definition) is 2. The molecule has 2 N–H and O–H groups in total. The summed E-state index contributed by atoms with van der Waals surface area (Å²) in [5.41, 5.74) is 2.43. The summed E-state index contributed by atoms with van der Waals surface area (Å²) >= 11 is 0. The average molecular weight is 377 g/mol. The number of amides is 1. The van der Waals surface area contributed by atoms with Crippen LogP contribution in [0.25, 0.3) is 17.5 Å². The molecule has 0 aliphatic carbocycles. The Bertz CT molecular complexity index is 978. The molecular formula is C21H19N3O4. The number of carbonyl (C=O) groups is 1. The molecule has 2 aromatic carbocycles. The molecule has 0 atom stereocenters. The van der Waals surface area contributed by atoms with Gasteiger partial charge in [-0.15, -0.1) is 0 Å². The summed E-state index contributed by atoms with van der Waals surface area (Å²) in [6, 6.07) is 11.1. The van der Waals surface area contributed by atoms with Crippen LogP contribution in [0.15, 0.2) is 54.9 Å². The highest BCUT2D eigenvalue weighted by molar-refractivity contribution is 6.02. The molecule has 0 fully saturated rings. The van der Waals surface area contributed by atoms with E-state index >= 15 is 0 Å². The van der Waals surface area contributed by atoms with E-state index in [-0.39, 0.29) is 5.91 Å². The number of nitrogens with one attached hydrogen (secondary N) is 2. The number of aromatic nitrogens is 2. The fourth-order valence-electron chi connectivity index (χ4n) is 2.88. The predicted octanol–water partition coefficient (Wildman–Crippen LogP) is 3.51. The van der Waals surface area contributed by atoms with Gasteiger partial charge in [-0.25, -0.2) is 4.98 Å². The Balaban J connectivity index is 1.44. The lowest BCUT2D eigenvalue weighted by Gasteiger charge is -2.20. The number of nitrogens with zero attached hydrogens (tertiary/aromatic N) is 1. The molecule has 0 unspecified atom stereocenters. The van der Waals surface area contributed by atoms with Crippen molar-refractivity contribution in [3.05, 3.63) is 60.4 Å². The summed E-state index contributed by atoms with van der Waals surface area (Å²) in [4.78, 5) is 19.5. The lowest BCUT2D eigenvalue weighted by Crippen LogP contribution is -2.16. The Hall–Kier alpha value is -3.74. The third-order valence-electron chi connectivity index (χ3n) is 4.20. The van der Waals surface area contributed by atoms with Crippen LogP contribution in [0.1, 0.15) is 5.56 Å². The van der Waals surface area contributed by atoms with Gasteiger partial charge in [0.1, 0.15) is 19.0 Å². The summed E-state index contributed by atoms with van der Waals surface area (Å²) in [5.74, 6) is 2.32. The van der Waals surface area contributed by atoms with E-state index in [2.05, 4.69) is 15.3 Å². The molecule has 1 aliphatic heterocycles. The van der Waals surface area contributed by atoms with Gasteiger partial charge < -0.3 is 24.5 Å². The Morgan fingerprint density at radius 3 is 2.79 bits per heavy atom. The second-order valence-electron chi connectivity index (χ2n) is 6.09. The van der Waals surface area contributed by atoms with E-state index < -0.39 is 0 Å². The van der Waals surface area contributed by atoms with Crippen LogP contribution in [0.3, 0.4) is 0 Å². The first-order chi connectivity index (χ1) is 13.7. The summed E-state index contributed by atoms with van der Waals surface area (Å²) in [6.45, 7) is 0.970. The standard InChI is InChI=1S/C21H19N3O4/c1-26-17-12-14(13-18-20(17)28-11-10-27-18)2-7-19(25)24-16-5-3-15(4-6-16)21-22-8-9-23-21/h2-9,12-13H,10-11H2,1H3,(H,22,23)(H,24,25)/b7-2+. The number of methoxy groups -OCH3 is 1. The van der Waals surface area contributed by atoms with Crippen molar-refractivity contribution in [1.82, 2.24) is 9.97 Å². The number of carbonyl (C=O) groups excluding carboxylic acids is 1. The van der Waals surface area contributed by atoms with E-state index in [0.717, 1.165) is 17.0 Å². The summed E-state index contributed by atoms with van der Waals surface area (Å²) < 4.78 is 16.5. The Labute approximate surface area is 162 Å². The van der Waals surface area contributed by atoms with Gasteiger partial charge in [0.2, 0.25) is 11.7 Å². The summed E-state index contributed by atoms with van der Waals surface area (Å²) in [7, 11) is 1.57. The van der Waals surface area contributed by atoms with Crippen molar-refractivity contribution in [1.29, 1.82) is 0 Å². The maximum absolute atomic E-state index is 12.2. The molecule has 0 saturated carbocycles. The fourth-order valence-corrected chi connectivity index (χ4v) is 2.88. The number of fused-ring (bicyclic) bond motifs is 1. The molecule has 0 bridgehead atoms. The molecule has 0 spiro atoms. The summed E-state index contributed by atoms with van der Waals surface area (Å²) in [5, 5.41) is 2.83. The van der Waals surface area contributed by atoms with Crippen LogP contribution in [-0.2, 0) is 4.79 Å². The highest BCUT2D eigenvalue weighted by atomic mass is 16.6.